The Morgan fingerprint density at radius 1 is 0.436 bits per heavy atom. The topological polar surface area (TPSA) is 40.8 Å². The molecule has 0 atom stereocenters. The van der Waals surface area contributed by atoms with Crippen LogP contribution in [0, 0.1) is 18.5 Å². The van der Waals surface area contributed by atoms with E-state index < -0.39 is 190 Å². The fraction of sp³-hybridized carbons (Fsp3) is 0.0930. The number of aromatic nitrogens is 5. The van der Waals surface area contributed by atoms with E-state index in [9.17, 15) is 27.4 Å². The first kappa shape index (κ1) is 38.5. The monoisotopic (exact) mass is 1430 g/mol. The van der Waals surface area contributed by atoms with Gasteiger partial charge in [0.05, 0.1) is 65.0 Å². The Balaban J connectivity index is 0.0000102. The third-order valence-electron chi connectivity index (χ3n) is 17.6. The van der Waals surface area contributed by atoms with Gasteiger partial charge in [0, 0.05) is 55.1 Å². The molecule has 16 aromatic rings. The van der Waals surface area contributed by atoms with Crippen molar-refractivity contribution < 1.29 is 61.9 Å². The maximum Gasteiger partial charge on any atom is 0.268 e. The van der Waals surface area contributed by atoms with Crippen molar-refractivity contribution in [3.05, 3.63) is 314 Å². The number of hydrogen-bond acceptors (Lipinski definition) is 2. The number of para-hydroxylation sites is 3. The largest absolute Gasteiger partial charge is 0.510 e. The van der Waals surface area contributed by atoms with E-state index >= 15 is 0 Å². The van der Waals surface area contributed by atoms with Gasteiger partial charge in [0.2, 0.25) is 0 Å². The maximum absolute atomic E-state index is 10.6. The molecular weight excluding hydrogens is 1340 g/mol. The molecule has 0 unspecified atom stereocenters. The first-order valence-corrected chi connectivity index (χ1v) is 32.2. The molecule has 0 spiro atoms. The summed E-state index contributed by atoms with van der Waals surface area (Å²) < 4.78 is 240. The van der Waals surface area contributed by atoms with E-state index in [4.69, 9.17) is 13.8 Å². The van der Waals surface area contributed by atoms with Crippen molar-refractivity contribution in [1.29, 1.82) is 0 Å². The number of benzene rings is 12. The van der Waals surface area contributed by atoms with Crippen LogP contribution in [0.1, 0.15) is 84.2 Å². The zero-order valence-corrected chi connectivity index (χ0v) is 54.6. The molecule has 4 aromatic heterocycles. The molecule has 0 aliphatic carbocycles. The molecule has 1 aliphatic heterocycles. The summed E-state index contributed by atoms with van der Waals surface area (Å²) in [4.78, 5) is 4.87. The molecule has 0 fully saturated rings. The van der Waals surface area contributed by atoms with E-state index in [0.717, 1.165) is 32.6 Å². The van der Waals surface area contributed by atoms with Gasteiger partial charge in [0.15, 0.2) is 8.07 Å². The number of rotatable bonds is 9. The zero-order chi connectivity index (χ0) is 82.8. The summed E-state index contributed by atoms with van der Waals surface area (Å²) in [7, 11) is -6.26. The predicted octanol–water partition coefficient (Wildman–Crippen LogP) is 18.0. The Bertz CT molecular complexity index is 6800. The molecular formula is C86H65N5OPtSi-2. The number of fused-ring (bicyclic) bond motifs is 13. The minimum absolute atomic E-state index is 0. The van der Waals surface area contributed by atoms with Crippen LogP contribution in [0.15, 0.2) is 285 Å². The van der Waals surface area contributed by atoms with Gasteiger partial charge in [-0.05, 0) is 124 Å². The SMILES string of the molecule is [2H]c1c([2H])c([2H])c([Si](c2cc3c4c(c2)n(-c2[c-]c(Oc5[c-]c6c(cc5)c5ccccc5n6-c5cc(C(C)(C)C)ccn5)ccc2)[c-][n+]4-c2c(cc(C(C)(C)C)cc2-n2c4ccccc4c4ccccc42)-c2c([2H])c([2H])c([2H])c([2H])c2-c2c([2H])c([2H])c([2H])c([2H])c2-3)(c2c([2H])c([2H])c([2H])c([2H])c2[2H])c2c([2H])c([2H])c([2H])c([2H])c2[2H])c([2H])c1[2H].[Pt]. The Hall–Kier alpha value is -10.4. The summed E-state index contributed by atoms with van der Waals surface area (Å²) in [6, 6.07) is 26.6. The van der Waals surface area contributed by atoms with Crippen molar-refractivity contribution in [3.8, 4) is 67.8 Å². The summed E-state index contributed by atoms with van der Waals surface area (Å²) in [5.74, 6) is 0.855. The molecule has 0 bridgehead atoms. The van der Waals surface area contributed by atoms with Gasteiger partial charge in [-0.25, -0.2) is 4.98 Å². The zero-order valence-electron chi connectivity index (χ0n) is 74.3. The van der Waals surface area contributed by atoms with E-state index in [1.165, 1.54) is 16.7 Å². The molecule has 456 valence electrons. The van der Waals surface area contributed by atoms with Crippen LogP contribution < -0.4 is 30.1 Å². The fourth-order valence-electron chi connectivity index (χ4n) is 13.3. The number of nitrogens with zero attached hydrogens (tertiary/aromatic N) is 5. The van der Waals surface area contributed by atoms with Gasteiger partial charge in [-0.2, -0.15) is 18.2 Å². The fourth-order valence-corrected chi connectivity index (χ4v) is 17.1. The number of pyridine rings is 1. The van der Waals surface area contributed by atoms with Gasteiger partial charge in [0.25, 0.3) is 6.33 Å². The molecule has 0 saturated carbocycles. The molecule has 1 aliphatic rings. The van der Waals surface area contributed by atoms with Crippen LogP contribution in [0.4, 0.5) is 0 Å². The van der Waals surface area contributed by atoms with Crippen LogP contribution in [0.25, 0.3) is 111 Å². The van der Waals surface area contributed by atoms with Crippen molar-refractivity contribution in [3.63, 3.8) is 0 Å². The number of imidazole rings is 1. The molecule has 94 heavy (non-hydrogen) atoms. The van der Waals surface area contributed by atoms with Gasteiger partial charge in [-0.1, -0.05) is 259 Å². The number of ether oxygens (including phenoxy) is 1. The summed E-state index contributed by atoms with van der Waals surface area (Å²) in [6.45, 7) is 12.2. The quantitative estimate of drug-likeness (QED) is 0.0625. The summed E-state index contributed by atoms with van der Waals surface area (Å²) in [5, 5.41) is 0.183. The van der Waals surface area contributed by atoms with Crippen molar-refractivity contribution in [2.24, 2.45) is 0 Å². The van der Waals surface area contributed by atoms with Crippen LogP contribution in [0.3, 0.4) is 0 Å². The summed E-state index contributed by atoms with van der Waals surface area (Å²) in [6.07, 6.45) is 5.38. The van der Waals surface area contributed by atoms with Crippen LogP contribution in [-0.2, 0) is 31.9 Å². The minimum atomic E-state index is -6.26. The Labute approximate surface area is 595 Å². The molecule has 6 nitrogen and oxygen atoms in total. The second kappa shape index (κ2) is 22.7. The number of hydrogen-bond donors (Lipinski definition) is 0. The second-order valence-corrected chi connectivity index (χ2v) is 28.6. The third-order valence-corrected chi connectivity index (χ3v) is 21.7. The van der Waals surface area contributed by atoms with Crippen molar-refractivity contribution in [2.75, 3.05) is 0 Å². The average Bonchev–Trinajstić information content (AvgIpc) is 1.67. The predicted molar refractivity (Wildman–Crippen MR) is 385 cm³/mol. The minimum Gasteiger partial charge on any atom is -0.510 e. The Kier molecular flexibility index (Phi) is 9.31. The molecule has 0 amide bonds. The molecule has 0 radical (unpaired) electrons. The first-order chi connectivity index (χ1) is 54.9. The molecule has 0 saturated heterocycles. The normalized spacial score (nSPS) is 15.7. The smallest absolute Gasteiger partial charge is 0.268 e. The summed E-state index contributed by atoms with van der Waals surface area (Å²) >= 11 is 0. The van der Waals surface area contributed by atoms with Crippen LogP contribution >= 0.6 is 0 Å². The second-order valence-electron chi connectivity index (χ2n) is 25.0. The Morgan fingerprint density at radius 3 is 1.52 bits per heavy atom. The van der Waals surface area contributed by atoms with E-state index in [1.807, 2.05) is 127 Å². The van der Waals surface area contributed by atoms with Gasteiger partial charge < -0.3 is 18.4 Å². The van der Waals surface area contributed by atoms with Crippen LogP contribution in [0.5, 0.6) is 11.5 Å². The first-order valence-electron chi connectivity index (χ1n) is 41.7. The van der Waals surface area contributed by atoms with E-state index in [-0.39, 0.29) is 77.1 Å². The van der Waals surface area contributed by atoms with E-state index in [1.54, 1.807) is 41.1 Å². The summed E-state index contributed by atoms with van der Waals surface area (Å²) in [5.41, 5.74) is 1.42. The molecule has 5 heterocycles. The van der Waals surface area contributed by atoms with Crippen LogP contribution in [0.2, 0.25) is 0 Å². The van der Waals surface area contributed by atoms with Gasteiger partial charge in [-0.15, -0.1) is 29.7 Å². The van der Waals surface area contributed by atoms with Gasteiger partial charge in [-0.3, -0.25) is 4.57 Å². The average molecular weight is 1430 g/mol. The third kappa shape index (κ3) is 9.38. The van der Waals surface area contributed by atoms with Crippen LogP contribution in [-0.4, -0.2) is 26.8 Å². The Morgan fingerprint density at radius 2 is 0.947 bits per heavy atom. The van der Waals surface area contributed by atoms with Crippen molar-refractivity contribution >= 4 is 83.5 Å². The van der Waals surface area contributed by atoms with Gasteiger partial charge >= 0.3 is 0 Å². The molecule has 17 rings (SSSR count). The van der Waals surface area contributed by atoms with Crippen molar-refractivity contribution in [1.82, 2.24) is 18.7 Å². The van der Waals surface area contributed by atoms with E-state index in [2.05, 4.69) is 39.2 Å². The standard InChI is InChI=1S/C86H65N5OSi.Pt/c1-85(2,3)57-47-48-87-82(51-57)91-78-44-25-22-41-72(78)73-46-45-61(53-79(73)91)92-60-28-26-27-59(52-60)88-56-89-83-75(54-65(55-80(83)88)93(62-29-10-7-11-30-62,63-31-12-8-13-32-63)64-33-14-9-15-34-64)69-38-19-17-36-67(69)66-35-16-18-37-68(66)74-49-58(86(4,5)6)50-81(84(74)89)90-76-42-23-20-39-70(76)71-40-21-24-43-77(71)90;/h7-51,54-55H,1-6H3;/q-2;/i7D,8D,9D,10D,11D,12D,13D,14D,15D,16D,17D,18D,19D,29D,30D,31D,32D,33D,34D,35D,36D,37D,38D;. The van der Waals surface area contributed by atoms with E-state index in [0.29, 0.717) is 33.6 Å². The van der Waals surface area contributed by atoms with Crippen molar-refractivity contribution in [2.45, 2.75) is 52.4 Å². The molecule has 8 heteroatoms. The maximum atomic E-state index is 10.6. The van der Waals surface area contributed by atoms with Gasteiger partial charge in [0.1, 0.15) is 5.82 Å². The molecule has 0 N–H and O–H groups in total. The molecule has 12 aromatic carbocycles.